The van der Waals surface area contributed by atoms with E-state index in [1.54, 1.807) is 6.92 Å². The van der Waals surface area contributed by atoms with E-state index in [9.17, 15) is 0 Å². The van der Waals surface area contributed by atoms with Gasteiger partial charge >= 0.3 is 0 Å². The first kappa shape index (κ1) is 11.2. The van der Waals surface area contributed by atoms with Crippen LogP contribution in [0.5, 0.6) is 11.5 Å². The number of rotatable bonds is 3. The van der Waals surface area contributed by atoms with Crippen LogP contribution >= 0.6 is 0 Å². The molecule has 0 radical (unpaired) electrons. The minimum Gasteiger partial charge on any atom is -0.486 e. The molecule has 0 aromatic heterocycles. The lowest BCUT2D eigenvalue weighted by molar-refractivity contribution is 0.0571. The summed E-state index contributed by atoms with van der Waals surface area (Å²) in [6.07, 6.45) is 0.467. The summed E-state index contributed by atoms with van der Waals surface area (Å²) >= 11 is 0. The molecule has 2 atom stereocenters. The normalized spacial score (nSPS) is 22.6. The van der Waals surface area contributed by atoms with E-state index in [-0.39, 0.29) is 12.7 Å². The summed E-state index contributed by atoms with van der Waals surface area (Å²) in [5, 5.41) is 9.10. The average molecular weight is 223 g/mol. The van der Waals surface area contributed by atoms with Gasteiger partial charge < -0.3 is 20.3 Å². The van der Waals surface area contributed by atoms with Crippen molar-refractivity contribution in [2.24, 2.45) is 5.73 Å². The minimum atomic E-state index is -0.625. The number of para-hydroxylation sites is 2. The molecule has 16 heavy (non-hydrogen) atoms. The fraction of sp³-hybridized carbons (Fsp3) is 0.500. The summed E-state index contributed by atoms with van der Waals surface area (Å²) < 4.78 is 11.3. The predicted octanol–water partition coefficient (Wildman–Crippen LogP) is 0.926. The van der Waals surface area contributed by atoms with Crippen molar-refractivity contribution >= 4 is 0 Å². The van der Waals surface area contributed by atoms with Crippen molar-refractivity contribution < 1.29 is 14.6 Å². The Morgan fingerprint density at radius 2 is 2.12 bits per heavy atom. The van der Waals surface area contributed by atoms with E-state index in [1.165, 1.54) is 0 Å². The molecule has 1 heterocycles. The zero-order valence-electron chi connectivity index (χ0n) is 9.35. The summed E-state index contributed by atoms with van der Waals surface area (Å²) in [7, 11) is 0. The lowest BCUT2D eigenvalue weighted by Crippen LogP contribution is -2.46. The van der Waals surface area contributed by atoms with Gasteiger partial charge in [0.1, 0.15) is 12.7 Å². The molecule has 1 aromatic rings. The number of nitrogens with two attached hydrogens (primary N) is 1. The first-order valence-electron chi connectivity index (χ1n) is 5.39. The highest BCUT2D eigenvalue weighted by molar-refractivity contribution is 5.40. The minimum absolute atomic E-state index is 0.0610. The van der Waals surface area contributed by atoms with Crippen LogP contribution in [0, 0.1) is 0 Å². The Hall–Kier alpha value is -1.26. The molecule has 0 amide bonds. The van der Waals surface area contributed by atoms with E-state index in [0.29, 0.717) is 13.0 Å². The first-order chi connectivity index (χ1) is 7.61. The van der Waals surface area contributed by atoms with E-state index < -0.39 is 5.54 Å². The number of hydrogen-bond donors (Lipinski definition) is 2. The molecule has 1 aliphatic rings. The molecule has 88 valence electrons. The second-order valence-corrected chi connectivity index (χ2v) is 4.51. The molecule has 1 aromatic carbocycles. The van der Waals surface area contributed by atoms with Crippen LogP contribution in [0.3, 0.4) is 0 Å². The van der Waals surface area contributed by atoms with Crippen LogP contribution in [0.2, 0.25) is 0 Å². The Balaban J connectivity index is 2.03. The van der Waals surface area contributed by atoms with Crippen LogP contribution in [0.4, 0.5) is 0 Å². The zero-order valence-corrected chi connectivity index (χ0v) is 9.35. The topological polar surface area (TPSA) is 64.7 Å². The van der Waals surface area contributed by atoms with Gasteiger partial charge in [-0.15, -0.1) is 0 Å². The fourth-order valence-corrected chi connectivity index (χ4v) is 1.75. The molecular formula is C12H17NO3. The zero-order chi connectivity index (χ0) is 11.6. The average Bonchev–Trinajstić information content (AvgIpc) is 2.28. The van der Waals surface area contributed by atoms with Crippen molar-refractivity contribution in [3.8, 4) is 11.5 Å². The van der Waals surface area contributed by atoms with Crippen LogP contribution in [-0.4, -0.2) is 30.0 Å². The molecule has 0 spiro atoms. The molecule has 0 bridgehead atoms. The van der Waals surface area contributed by atoms with Crippen LogP contribution < -0.4 is 15.2 Å². The van der Waals surface area contributed by atoms with Crippen molar-refractivity contribution in [3.63, 3.8) is 0 Å². The van der Waals surface area contributed by atoms with Gasteiger partial charge in [0.05, 0.1) is 6.61 Å². The predicted molar refractivity (Wildman–Crippen MR) is 60.6 cm³/mol. The SMILES string of the molecule is CC(N)(CO)CC1COc2ccccc2O1. The molecule has 4 nitrogen and oxygen atoms in total. The van der Waals surface area contributed by atoms with E-state index >= 15 is 0 Å². The van der Waals surface area contributed by atoms with Gasteiger partial charge in [0.25, 0.3) is 0 Å². The Kier molecular flexibility index (Phi) is 3.03. The summed E-state index contributed by atoms with van der Waals surface area (Å²) in [5.74, 6) is 1.51. The van der Waals surface area contributed by atoms with Gasteiger partial charge in [-0.2, -0.15) is 0 Å². The number of ether oxygens (including phenoxy) is 2. The molecule has 0 fully saturated rings. The molecule has 0 saturated heterocycles. The Morgan fingerprint density at radius 3 is 2.81 bits per heavy atom. The smallest absolute Gasteiger partial charge is 0.161 e. The molecule has 1 aliphatic heterocycles. The van der Waals surface area contributed by atoms with Crippen molar-refractivity contribution in [1.82, 2.24) is 0 Å². The van der Waals surface area contributed by atoms with Gasteiger partial charge in [0.2, 0.25) is 0 Å². The number of fused-ring (bicyclic) bond motifs is 1. The second-order valence-electron chi connectivity index (χ2n) is 4.51. The molecule has 2 rings (SSSR count). The van der Waals surface area contributed by atoms with Gasteiger partial charge in [0, 0.05) is 12.0 Å². The maximum atomic E-state index is 9.10. The quantitative estimate of drug-likeness (QED) is 0.800. The number of benzene rings is 1. The molecular weight excluding hydrogens is 206 g/mol. The second kappa shape index (κ2) is 4.31. The van der Waals surface area contributed by atoms with Crippen LogP contribution in [-0.2, 0) is 0 Å². The molecule has 3 N–H and O–H groups in total. The van der Waals surface area contributed by atoms with E-state index in [2.05, 4.69) is 0 Å². The van der Waals surface area contributed by atoms with Crippen molar-refractivity contribution in [2.75, 3.05) is 13.2 Å². The highest BCUT2D eigenvalue weighted by atomic mass is 16.6. The van der Waals surface area contributed by atoms with E-state index in [0.717, 1.165) is 11.5 Å². The van der Waals surface area contributed by atoms with Gasteiger partial charge in [-0.3, -0.25) is 0 Å². The number of aliphatic hydroxyl groups is 1. The summed E-state index contributed by atoms with van der Waals surface area (Å²) in [4.78, 5) is 0. The van der Waals surface area contributed by atoms with Crippen LogP contribution in [0.1, 0.15) is 13.3 Å². The third-order valence-electron chi connectivity index (χ3n) is 2.62. The Labute approximate surface area is 95.0 Å². The lowest BCUT2D eigenvalue weighted by atomic mass is 9.96. The molecule has 0 aliphatic carbocycles. The van der Waals surface area contributed by atoms with Crippen molar-refractivity contribution in [1.29, 1.82) is 0 Å². The van der Waals surface area contributed by atoms with Crippen LogP contribution in [0.15, 0.2) is 24.3 Å². The standard InChI is InChI=1S/C12H17NO3/c1-12(13,8-14)6-9-7-15-10-4-2-3-5-11(10)16-9/h2-5,9,14H,6-8,13H2,1H3. The molecule has 0 saturated carbocycles. The number of hydrogen-bond acceptors (Lipinski definition) is 4. The Bertz CT molecular complexity index is 365. The van der Waals surface area contributed by atoms with Gasteiger partial charge in [-0.05, 0) is 19.1 Å². The monoisotopic (exact) mass is 223 g/mol. The highest BCUT2D eigenvalue weighted by Gasteiger charge is 2.28. The van der Waals surface area contributed by atoms with Gasteiger partial charge in [-0.1, -0.05) is 12.1 Å². The lowest BCUT2D eigenvalue weighted by Gasteiger charge is -2.31. The molecule has 2 unspecified atom stereocenters. The van der Waals surface area contributed by atoms with Gasteiger partial charge in [0.15, 0.2) is 11.5 Å². The van der Waals surface area contributed by atoms with Gasteiger partial charge in [-0.25, -0.2) is 0 Å². The summed E-state index contributed by atoms with van der Waals surface area (Å²) in [6.45, 7) is 2.22. The maximum Gasteiger partial charge on any atom is 0.161 e. The highest BCUT2D eigenvalue weighted by Crippen LogP contribution is 2.32. The van der Waals surface area contributed by atoms with E-state index in [4.69, 9.17) is 20.3 Å². The first-order valence-corrected chi connectivity index (χ1v) is 5.39. The number of aliphatic hydroxyl groups excluding tert-OH is 1. The Morgan fingerprint density at radius 1 is 1.44 bits per heavy atom. The fourth-order valence-electron chi connectivity index (χ4n) is 1.75. The third-order valence-corrected chi connectivity index (χ3v) is 2.62. The maximum absolute atomic E-state index is 9.10. The summed E-state index contributed by atoms with van der Waals surface area (Å²) in [5.41, 5.74) is 5.26. The third kappa shape index (κ3) is 2.46. The molecule has 4 heteroatoms. The largest absolute Gasteiger partial charge is 0.486 e. The van der Waals surface area contributed by atoms with E-state index in [1.807, 2.05) is 24.3 Å². The van der Waals surface area contributed by atoms with Crippen LogP contribution in [0.25, 0.3) is 0 Å². The van der Waals surface area contributed by atoms with Crippen molar-refractivity contribution in [2.45, 2.75) is 25.0 Å². The summed E-state index contributed by atoms with van der Waals surface area (Å²) in [6, 6.07) is 7.55. The van der Waals surface area contributed by atoms with Crippen molar-refractivity contribution in [3.05, 3.63) is 24.3 Å².